The molecule has 0 aromatic carbocycles. The van der Waals surface area contributed by atoms with E-state index in [1.165, 1.54) is 4.90 Å². The van der Waals surface area contributed by atoms with Crippen LogP contribution in [0.1, 0.15) is 54.4 Å². The predicted molar refractivity (Wildman–Crippen MR) is 91.7 cm³/mol. The van der Waals surface area contributed by atoms with E-state index in [0.717, 1.165) is 0 Å². The molecule has 25 heavy (non-hydrogen) atoms. The fourth-order valence-electron chi connectivity index (χ4n) is 2.37. The number of carbonyl (C=O) groups excluding carboxylic acids is 1. The summed E-state index contributed by atoms with van der Waals surface area (Å²) in [5, 5.41) is 0. The van der Waals surface area contributed by atoms with Crippen LogP contribution in [0.3, 0.4) is 0 Å². The zero-order valence-corrected chi connectivity index (χ0v) is 16.5. The summed E-state index contributed by atoms with van der Waals surface area (Å²) in [6.45, 7) is 9.95. The highest BCUT2D eigenvalue weighted by atomic mass is 32.2. The quantitative estimate of drug-likeness (QED) is 0.806. The molecule has 0 aromatic rings. The van der Waals surface area contributed by atoms with Crippen molar-refractivity contribution in [1.82, 2.24) is 9.62 Å². The van der Waals surface area contributed by atoms with E-state index in [0.29, 0.717) is 0 Å². The van der Waals surface area contributed by atoms with Gasteiger partial charge in [-0.1, -0.05) is 0 Å². The van der Waals surface area contributed by atoms with Crippen LogP contribution in [0.25, 0.3) is 0 Å². The van der Waals surface area contributed by atoms with Gasteiger partial charge in [0.2, 0.25) is 0 Å². The van der Waals surface area contributed by atoms with Crippen LogP contribution < -0.4 is 4.72 Å². The van der Waals surface area contributed by atoms with Gasteiger partial charge < -0.3 is 9.64 Å². The Kier molecular flexibility index (Phi) is 6.94. The van der Waals surface area contributed by atoms with Gasteiger partial charge >= 0.3 is 6.09 Å². The lowest BCUT2D eigenvalue weighted by Crippen LogP contribution is -2.59. The van der Waals surface area contributed by atoms with Crippen molar-refractivity contribution in [1.29, 1.82) is 0 Å². The Balaban J connectivity index is 2.78. The SMILES string of the molecule is CC(C)(C)OC(=O)N1CCC(F)([C@@H](N[S@@](=O)C(C)(C)C)C(F)F)CC1. The third kappa shape index (κ3) is 6.44. The Morgan fingerprint density at radius 1 is 1.16 bits per heavy atom. The van der Waals surface area contributed by atoms with Gasteiger partial charge in [0.1, 0.15) is 17.3 Å². The molecule has 148 valence electrons. The number of nitrogens with zero attached hydrogens (tertiary/aromatic N) is 1. The summed E-state index contributed by atoms with van der Waals surface area (Å²) in [4.78, 5) is 13.3. The van der Waals surface area contributed by atoms with Crippen molar-refractivity contribution < 1.29 is 26.9 Å². The minimum absolute atomic E-state index is 0.0293. The maximum Gasteiger partial charge on any atom is 0.410 e. The first-order chi connectivity index (χ1) is 11.2. The summed E-state index contributed by atoms with van der Waals surface area (Å²) in [6, 6.07) is -1.85. The molecule has 2 atom stereocenters. The smallest absolute Gasteiger partial charge is 0.410 e. The molecule has 0 aromatic heterocycles. The van der Waals surface area contributed by atoms with Crippen molar-refractivity contribution in [2.24, 2.45) is 0 Å². The average Bonchev–Trinajstić information content (AvgIpc) is 2.41. The monoisotopic (exact) mass is 386 g/mol. The first-order valence-corrected chi connectivity index (χ1v) is 9.44. The Labute approximate surface area is 150 Å². The lowest BCUT2D eigenvalue weighted by atomic mass is 9.86. The van der Waals surface area contributed by atoms with Crippen molar-refractivity contribution in [2.75, 3.05) is 13.1 Å². The minimum atomic E-state index is -3.01. The number of rotatable bonds is 4. The molecule has 9 heteroatoms. The first kappa shape index (κ1) is 22.2. The fraction of sp³-hybridized carbons (Fsp3) is 0.938. The molecule has 1 amide bonds. The maximum absolute atomic E-state index is 15.2. The third-order valence-electron chi connectivity index (χ3n) is 3.85. The average molecular weight is 386 g/mol. The summed E-state index contributed by atoms with van der Waals surface area (Å²) in [5.74, 6) is 0. The van der Waals surface area contributed by atoms with Gasteiger partial charge in [0.05, 0.1) is 15.7 Å². The van der Waals surface area contributed by atoms with Crippen molar-refractivity contribution in [3.63, 3.8) is 0 Å². The van der Waals surface area contributed by atoms with Gasteiger partial charge in [0.15, 0.2) is 0 Å². The molecular formula is C16H29F3N2O3S. The molecular weight excluding hydrogens is 357 g/mol. The van der Waals surface area contributed by atoms with E-state index in [9.17, 15) is 17.8 Å². The largest absolute Gasteiger partial charge is 0.444 e. The second-order valence-corrected chi connectivity index (χ2v) is 10.3. The van der Waals surface area contributed by atoms with Crippen LogP contribution in [-0.4, -0.2) is 56.8 Å². The predicted octanol–water partition coefficient (Wildman–Crippen LogP) is 3.41. The summed E-state index contributed by atoms with van der Waals surface area (Å²) in [7, 11) is -1.82. The molecule has 0 aliphatic carbocycles. The Hall–Kier alpha value is -0.830. The molecule has 1 aliphatic heterocycles. The Bertz CT molecular complexity index is 496. The Morgan fingerprint density at radius 3 is 2.00 bits per heavy atom. The van der Waals surface area contributed by atoms with Crippen LogP contribution in [0.2, 0.25) is 0 Å². The molecule has 0 unspecified atom stereocenters. The number of piperidine rings is 1. The van der Waals surface area contributed by atoms with Crippen LogP contribution in [-0.2, 0) is 15.7 Å². The number of likely N-dealkylation sites (tertiary alicyclic amines) is 1. The highest BCUT2D eigenvalue weighted by Crippen LogP contribution is 2.34. The number of halogens is 3. The van der Waals surface area contributed by atoms with Gasteiger partial charge in [-0.3, -0.25) is 0 Å². The third-order valence-corrected chi connectivity index (χ3v) is 5.43. The molecule has 0 bridgehead atoms. The lowest BCUT2D eigenvalue weighted by Gasteiger charge is -2.41. The van der Waals surface area contributed by atoms with E-state index in [2.05, 4.69) is 4.72 Å². The van der Waals surface area contributed by atoms with E-state index < -0.39 is 45.6 Å². The zero-order chi connectivity index (χ0) is 19.6. The standard InChI is InChI=1S/C16H29F3N2O3S/c1-14(2,3)24-13(22)21-9-7-16(19,8-10-21)11(12(17)18)20-25(23)15(4,5)6/h11-12,20H,7-10H2,1-6H3/t11-,25-/m0/s1. The molecule has 1 saturated heterocycles. The second kappa shape index (κ2) is 7.82. The molecule has 1 N–H and O–H groups in total. The summed E-state index contributed by atoms with van der Waals surface area (Å²) in [6.07, 6.45) is -4.13. The molecule has 1 rings (SSSR count). The van der Waals surface area contributed by atoms with E-state index in [-0.39, 0.29) is 25.9 Å². The molecule has 0 radical (unpaired) electrons. The molecule has 0 saturated carbocycles. The van der Waals surface area contributed by atoms with Gasteiger partial charge in [-0.2, -0.15) is 0 Å². The summed E-state index contributed by atoms with van der Waals surface area (Å²) in [5.41, 5.74) is -2.93. The fourth-order valence-corrected chi connectivity index (χ4v) is 3.27. The lowest BCUT2D eigenvalue weighted by molar-refractivity contribution is -0.0360. The van der Waals surface area contributed by atoms with E-state index in [1.807, 2.05) is 0 Å². The molecule has 0 spiro atoms. The number of ether oxygens (including phenoxy) is 1. The van der Waals surface area contributed by atoms with Crippen LogP contribution >= 0.6 is 0 Å². The van der Waals surface area contributed by atoms with Crippen molar-refractivity contribution in [3.8, 4) is 0 Å². The van der Waals surface area contributed by atoms with Gasteiger partial charge in [0.25, 0.3) is 6.43 Å². The van der Waals surface area contributed by atoms with E-state index in [4.69, 9.17) is 4.74 Å². The Morgan fingerprint density at radius 2 is 1.64 bits per heavy atom. The van der Waals surface area contributed by atoms with E-state index in [1.54, 1.807) is 41.5 Å². The van der Waals surface area contributed by atoms with Crippen LogP contribution in [0, 0.1) is 0 Å². The van der Waals surface area contributed by atoms with Crippen LogP contribution in [0.5, 0.6) is 0 Å². The van der Waals surface area contributed by atoms with Crippen LogP contribution in [0.4, 0.5) is 18.0 Å². The topological polar surface area (TPSA) is 58.6 Å². The number of alkyl halides is 3. The number of hydrogen-bond donors (Lipinski definition) is 1. The molecule has 5 nitrogen and oxygen atoms in total. The molecule has 1 aliphatic rings. The van der Waals surface area contributed by atoms with Crippen LogP contribution in [0.15, 0.2) is 0 Å². The molecule has 1 heterocycles. The van der Waals surface area contributed by atoms with Gasteiger partial charge in [-0.05, 0) is 41.5 Å². The van der Waals surface area contributed by atoms with Gasteiger partial charge in [0, 0.05) is 25.9 Å². The summed E-state index contributed by atoms with van der Waals surface area (Å²) >= 11 is 0. The van der Waals surface area contributed by atoms with E-state index >= 15 is 4.39 Å². The number of amides is 1. The van der Waals surface area contributed by atoms with Crippen molar-refractivity contribution >= 4 is 17.1 Å². The zero-order valence-electron chi connectivity index (χ0n) is 15.7. The van der Waals surface area contributed by atoms with Gasteiger partial charge in [-0.15, -0.1) is 0 Å². The number of carbonyl (C=O) groups is 1. The highest BCUT2D eigenvalue weighted by Gasteiger charge is 2.48. The number of nitrogens with one attached hydrogen (secondary N) is 1. The van der Waals surface area contributed by atoms with Crippen molar-refractivity contribution in [2.45, 2.75) is 82.9 Å². The second-order valence-electron chi connectivity index (χ2n) is 8.31. The minimum Gasteiger partial charge on any atom is -0.444 e. The maximum atomic E-state index is 15.2. The molecule has 1 fully saturated rings. The first-order valence-electron chi connectivity index (χ1n) is 8.29. The van der Waals surface area contributed by atoms with Crippen molar-refractivity contribution in [3.05, 3.63) is 0 Å². The highest BCUT2D eigenvalue weighted by molar-refractivity contribution is 7.84. The normalized spacial score (nSPS) is 21.1. The summed E-state index contributed by atoms with van der Waals surface area (Å²) < 4.78 is 60.8. The van der Waals surface area contributed by atoms with Gasteiger partial charge in [-0.25, -0.2) is 26.9 Å². The number of hydrogen-bond acceptors (Lipinski definition) is 3.